The van der Waals surface area contributed by atoms with Gasteiger partial charge in [-0.15, -0.1) is 0 Å². The molecule has 4 aliphatic rings. The van der Waals surface area contributed by atoms with Crippen LogP contribution in [0.2, 0.25) is 0 Å². The summed E-state index contributed by atoms with van der Waals surface area (Å²) in [6, 6.07) is 0. The number of cyclic esters (lactones) is 3. The van der Waals surface area contributed by atoms with Gasteiger partial charge in [-0.1, -0.05) is 31.2 Å². The van der Waals surface area contributed by atoms with Crippen molar-refractivity contribution < 1.29 is 33.4 Å². The van der Waals surface area contributed by atoms with Gasteiger partial charge in [0.2, 0.25) is 0 Å². The van der Waals surface area contributed by atoms with Crippen LogP contribution in [0.5, 0.6) is 0 Å². The summed E-state index contributed by atoms with van der Waals surface area (Å²) in [6.45, 7) is 2.10. The molecule has 26 heavy (non-hydrogen) atoms. The average Bonchev–Trinajstić information content (AvgIpc) is 3.15. The normalized spacial score (nSPS) is 43.5. The van der Waals surface area contributed by atoms with Crippen LogP contribution in [0.4, 0.5) is 0 Å². The van der Waals surface area contributed by atoms with Gasteiger partial charge in [0.15, 0.2) is 0 Å². The Hall–Kier alpha value is -2.44. The van der Waals surface area contributed by atoms with Gasteiger partial charge in [-0.25, -0.2) is 0 Å². The molecule has 2 saturated heterocycles. The van der Waals surface area contributed by atoms with Gasteiger partial charge in [0, 0.05) is 5.92 Å². The van der Waals surface area contributed by atoms with Crippen molar-refractivity contribution in [2.75, 3.05) is 13.7 Å². The quantitative estimate of drug-likeness (QED) is 0.312. The molecule has 0 bridgehead atoms. The summed E-state index contributed by atoms with van der Waals surface area (Å²) in [5.74, 6) is -5.75. The molecule has 0 saturated carbocycles. The molecule has 2 fully saturated rings. The minimum absolute atomic E-state index is 0.122. The van der Waals surface area contributed by atoms with Crippen molar-refractivity contribution in [3.63, 3.8) is 0 Å². The highest BCUT2D eigenvalue weighted by Gasteiger charge is 2.58. The molecule has 0 amide bonds. The Morgan fingerprint density at radius 1 is 0.962 bits per heavy atom. The first-order valence-electron chi connectivity index (χ1n) is 8.80. The Morgan fingerprint density at radius 2 is 1.65 bits per heavy atom. The van der Waals surface area contributed by atoms with Crippen LogP contribution in [0.1, 0.15) is 6.92 Å². The molecule has 0 aromatic rings. The number of methoxy groups -OCH3 is 1. The zero-order valence-electron chi connectivity index (χ0n) is 14.5. The number of carbonyl (C=O) groups is 4. The van der Waals surface area contributed by atoms with Crippen molar-refractivity contribution in [2.45, 2.75) is 6.92 Å². The fourth-order valence-corrected chi connectivity index (χ4v) is 4.96. The molecule has 2 heterocycles. The van der Waals surface area contributed by atoms with E-state index in [-0.39, 0.29) is 18.4 Å². The van der Waals surface area contributed by atoms with Gasteiger partial charge in [0.1, 0.15) is 0 Å². The summed E-state index contributed by atoms with van der Waals surface area (Å²) in [5.41, 5.74) is 0. The number of hydrogen-bond acceptors (Lipinski definition) is 7. The van der Waals surface area contributed by atoms with Crippen molar-refractivity contribution >= 4 is 23.9 Å². The van der Waals surface area contributed by atoms with E-state index in [1.807, 2.05) is 31.2 Å². The number of ether oxygens (including phenoxy) is 3. The molecule has 138 valence electrons. The van der Waals surface area contributed by atoms with Gasteiger partial charge in [-0.2, -0.15) is 0 Å². The highest BCUT2D eigenvalue weighted by atomic mass is 16.6. The lowest BCUT2D eigenvalue weighted by atomic mass is 9.60. The maximum absolute atomic E-state index is 12.5. The smallest absolute Gasteiger partial charge is 0.318 e. The highest BCUT2D eigenvalue weighted by Crippen LogP contribution is 2.50. The van der Waals surface area contributed by atoms with E-state index in [9.17, 15) is 19.2 Å². The van der Waals surface area contributed by atoms with Crippen LogP contribution in [0, 0.1) is 47.3 Å². The second-order valence-electron chi connectivity index (χ2n) is 7.44. The minimum Gasteiger partial charge on any atom is -0.469 e. The summed E-state index contributed by atoms with van der Waals surface area (Å²) in [5, 5.41) is 0. The van der Waals surface area contributed by atoms with Crippen molar-refractivity contribution in [1.29, 1.82) is 0 Å². The van der Waals surface area contributed by atoms with Crippen LogP contribution < -0.4 is 0 Å². The average molecular weight is 360 g/mol. The van der Waals surface area contributed by atoms with Crippen molar-refractivity contribution in [3.05, 3.63) is 24.3 Å². The van der Waals surface area contributed by atoms with E-state index in [1.165, 1.54) is 7.11 Å². The van der Waals surface area contributed by atoms with E-state index in [0.717, 1.165) is 0 Å². The standard InChI is InChI=1S/C19H20O7/c1-8-3-5-10(14-12(8)18(22)26-19(14)23)11-6-4-9-7-25-17(21)13(9)15(11)16(20)24-2/h3-6,8-15H,7H2,1-2H3/t8-,9+,10-,11-,12-,13-,14+,15+/m0/s1. The minimum atomic E-state index is -0.753. The molecular weight excluding hydrogens is 340 g/mol. The molecule has 0 N–H and O–H groups in total. The van der Waals surface area contributed by atoms with E-state index >= 15 is 0 Å². The maximum atomic E-state index is 12.5. The van der Waals surface area contributed by atoms with Crippen LogP contribution in [-0.2, 0) is 33.4 Å². The van der Waals surface area contributed by atoms with E-state index < -0.39 is 59.4 Å². The van der Waals surface area contributed by atoms with Gasteiger partial charge in [0.25, 0.3) is 0 Å². The maximum Gasteiger partial charge on any atom is 0.318 e. The molecule has 0 aromatic heterocycles. The summed E-state index contributed by atoms with van der Waals surface area (Å²) >= 11 is 0. The Balaban J connectivity index is 1.75. The molecule has 0 radical (unpaired) electrons. The first-order chi connectivity index (χ1) is 12.4. The van der Waals surface area contributed by atoms with E-state index in [1.54, 1.807) is 0 Å². The fraction of sp³-hybridized carbons (Fsp3) is 0.579. The third-order valence-electron chi connectivity index (χ3n) is 6.20. The lowest BCUT2D eigenvalue weighted by Gasteiger charge is -2.39. The van der Waals surface area contributed by atoms with Crippen LogP contribution >= 0.6 is 0 Å². The number of rotatable bonds is 2. The Kier molecular flexibility index (Phi) is 3.97. The molecule has 2 aliphatic carbocycles. The Bertz CT molecular complexity index is 736. The SMILES string of the molecule is COC(=O)[C@@H]1[C@H]([C@@H]2C=C[C@H](C)[C@@H]3C(=O)OC(=O)[C@H]23)C=C[C@@H]2COC(=O)[C@H]12. The summed E-state index contributed by atoms with van der Waals surface area (Å²) < 4.78 is 15.0. The first-order valence-corrected chi connectivity index (χ1v) is 8.80. The Morgan fingerprint density at radius 3 is 2.38 bits per heavy atom. The van der Waals surface area contributed by atoms with E-state index in [4.69, 9.17) is 14.2 Å². The Labute approximate surface area is 150 Å². The molecule has 4 rings (SSSR count). The molecule has 2 aliphatic heterocycles. The van der Waals surface area contributed by atoms with Crippen LogP contribution in [0.3, 0.4) is 0 Å². The van der Waals surface area contributed by atoms with Crippen molar-refractivity contribution in [2.24, 2.45) is 47.3 Å². The van der Waals surface area contributed by atoms with Crippen molar-refractivity contribution in [1.82, 2.24) is 0 Å². The zero-order valence-corrected chi connectivity index (χ0v) is 14.5. The van der Waals surface area contributed by atoms with Crippen LogP contribution in [-0.4, -0.2) is 37.6 Å². The van der Waals surface area contributed by atoms with Crippen LogP contribution in [0.15, 0.2) is 24.3 Å². The second-order valence-corrected chi connectivity index (χ2v) is 7.44. The summed E-state index contributed by atoms with van der Waals surface area (Å²) in [7, 11) is 1.28. The third-order valence-corrected chi connectivity index (χ3v) is 6.20. The molecule has 0 spiro atoms. The monoisotopic (exact) mass is 360 g/mol. The molecule has 7 nitrogen and oxygen atoms in total. The van der Waals surface area contributed by atoms with E-state index in [2.05, 4.69) is 0 Å². The number of hydrogen-bond donors (Lipinski definition) is 0. The van der Waals surface area contributed by atoms with E-state index in [0.29, 0.717) is 0 Å². The summed E-state index contributed by atoms with van der Waals surface area (Å²) in [6.07, 6.45) is 7.50. The number of esters is 4. The summed E-state index contributed by atoms with van der Waals surface area (Å²) in [4.78, 5) is 49.2. The predicted molar refractivity (Wildman–Crippen MR) is 85.9 cm³/mol. The zero-order chi connectivity index (χ0) is 18.6. The lowest BCUT2D eigenvalue weighted by Crippen LogP contribution is -2.45. The second kappa shape index (κ2) is 6.07. The third kappa shape index (κ3) is 2.33. The largest absolute Gasteiger partial charge is 0.469 e. The topological polar surface area (TPSA) is 96.0 Å². The molecular formula is C19H20O7. The molecule has 8 atom stereocenters. The van der Waals surface area contributed by atoms with Gasteiger partial charge < -0.3 is 14.2 Å². The van der Waals surface area contributed by atoms with Crippen LogP contribution in [0.25, 0.3) is 0 Å². The molecule has 7 heteroatoms. The lowest BCUT2D eigenvalue weighted by molar-refractivity contribution is -0.158. The van der Waals surface area contributed by atoms with Gasteiger partial charge >= 0.3 is 23.9 Å². The molecule has 0 unspecified atom stereocenters. The van der Waals surface area contributed by atoms with Crippen molar-refractivity contribution in [3.8, 4) is 0 Å². The van der Waals surface area contributed by atoms with Gasteiger partial charge in [-0.3, -0.25) is 19.2 Å². The number of carbonyl (C=O) groups excluding carboxylic acids is 4. The number of fused-ring (bicyclic) bond motifs is 2. The van der Waals surface area contributed by atoms with Gasteiger partial charge in [0.05, 0.1) is 37.4 Å². The predicted octanol–water partition coefficient (Wildman–Crippen LogP) is 0.889. The molecule has 0 aromatic carbocycles. The first kappa shape index (κ1) is 17.0. The fourth-order valence-electron chi connectivity index (χ4n) is 4.96. The van der Waals surface area contributed by atoms with Gasteiger partial charge in [-0.05, 0) is 17.8 Å². The highest BCUT2D eigenvalue weighted by molar-refractivity contribution is 5.97. The number of allylic oxidation sites excluding steroid dienone is 3.